The first-order chi connectivity index (χ1) is 12.7. The number of nitrogens with two attached hydrogens (primary N) is 1. The summed E-state index contributed by atoms with van der Waals surface area (Å²) in [5.41, 5.74) is 2.39. The van der Waals surface area contributed by atoms with Crippen LogP contribution in [-0.2, 0) is 16.7 Å². The van der Waals surface area contributed by atoms with E-state index in [-0.39, 0.29) is 17.3 Å². The van der Waals surface area contributed by atoms with Crippen LogP contribution in [0, 0.1) is 17.3 Å². The molecule has 3 unspecified atom stereocenters. The molecule has 2 saturated carbocycles. The predicted molar refractivity (Wildman–Crippen MR) is 102 cm³/mol. The molecule has 2 fully saturated rings. The predicted octanol–water partition coefficient (Wildman–Crippen LogP) is 2.88. The molecule has 3 aliphatic rings. The van der Waals surface area contributed by atoms with E-state index in [0.29, 0.717) is 23.5 Å². The van der Waals surface area contributed by atoms with Crippen molar-refractivity contribution in [1.29, 1.82) is 0 Å². The second kappa shape index (κ2) is 6.64. The topological polar surface area (TPSA) is 98.9 Å². The van der Waals surface area contributed by atoms with Crippen molar-refractivity contribution in [2.75, 3.05) is 7.11 Å². The molecule has 0 aromatic heterocycles. The van der Waals surface area contributed by atoms with Gasteiger partial charge in [0.2, 0.25) is 0 Å². The minimum absolute atomic E-state index is 0.0255. The summed E-state index contributed by atoms with van der Waals surface area (Å²) >= 11 is 0. The van der Waals surface area contributed by atoms with Gasteiger partial charge in [-0.2, -0.15) is 13.6 Å². The Kier molecular flexibility index (Phi) is 4.68. The molecule has 1 aromatic rings. The number of aryl methyl sites for hydroxylation is 1. The lowest BCUT2D eigenvalue weighted by Gasteiger charge is -2.56. The van der Waals surface area contributed by atoms with Crippen LogP contribution >= 0.6 is 0 Å². The molecule has 150 valence electrons. The van der Waals surface area contributed by atoms with Gasteiger partial charge in [0.25, 0.3) is 0 Å². The van der Waals surface area contributed by atoms with Gasteiger partial charge in [0, 0.05) is 0 Å². The number of fused-ring (bicyclic) bond motifs is 5. The van der Waals surface area contributed by atoms with Crippen LogP contribution in [0.2, 0.25) is 0 Å². The molecule has 0 bridgehead atoms. The third-order valence-electron chi connectivity index (χ3n) is 7.41. The summed E-state index contributed by atoms with van der Waals surface area (Å²) in [5, 5.41) is 15.7. The van der Waals surface area contributed by atoms with Gasteiger partial charge in [0.05, 0.1) is 13.2 Å². The maximum absolute atomic E-state index is 11.4. The summed E-state index contributed by atoms with van der Waals surface area (Å²) in [4.78, 5) is 0. The monoisotopic (exact) mass is 395 g/mol. The molecule has 0 saturated heterocycles. The number of rotatable bonds is 3. The summed E-state index contributed by atoms with van der Waals surface area (Å²) in [6, 6.07) is 3.72. The minimum Gasteiger partial charge on any atom is -0.493 e. The summed E-state index contributed by atoms with van der Waals surface area (Å²) < 4.78 is 33.1. The van der Waals surface area contributed by atoms with Crippen molar-refractivity contribution in [1.82, 2.24) is 0 Å². The van der Waals surface area contributed by atoms with Crippen molar-refractivity contribution < 1.29 is 22.4 Å². The Morgan fingerprint density at radius 2 is 1.96 bits per heavy atom. The fourth-order valence-corrected chi connectivity index (χ4v) is 6.47. The number of ether oxygens (including phenoxy) is 1. The van der Waals surface area contributed by atoms with Gasteiger partial charge in [-0.05, 0) is 85.0 Å². The Morgan fingerprint density at radius 3 is 2.67 bits per heavy atom. The van der Waals surface area contributed by atoms with Crippen molar-refractivity contribution in [3.05, 3.63) is 23.3 Å². The Hall–Kier alpha value is -1.31. The number of hydrogen-bond acceptors (Lipinski definition) is 5. The van der Waals surface area contributed by atoms with Crippen LogP contribution in [0.15, 0.2) is 12.1 Å². The van der Waals surface area contributed by atoms with Crippen LogP contribution < -0.4 is 14.1 Å². The lowest BCUT2D eigenvalue weighted by Crippen LogP contribution is -2.51. The van der Waals surface area contributed by atoms with Crippen LogP contribution in [0.5, 0.6) is 11.5 Å². The van der Waals surface area contributed by atoms with E-state index in [1.165, 1.54) is 19.1 Å². The molecule has 4 rings (SSSR count). The zero-order valence-corrected chi connectivity index (χ0v) is 16.8. The average molecular weight is 396 g/mol. The summed E-state index contributed by atoms with van der Waals surface area (Å²) in [6.45, 7) is 2.27. The van der Waals surface area contributed by atoms with Gasteiger partial charge in [0.15, 0.2) is 11.5 Å². The van der Waals surface area contributed by atoms with Crippen LogP contribution in [0.3, 0.4) is 0 Å². The quantitative estimate of drug-likeness (QED) is 0.820. The van der Waals surface area contributed by atoms with Gasteiger partial charge in [-0.1, -0.05) is 13.3 Å². The lowest BCUT2D eigenvalue weighted by atomic mass is 9.50. The molecule has 3 aliphatic carbocycles. The average Bonchev–Trinajstić information content (AvgIpc) is 2.60. The Labute approximate surface area is 161 Å². The molecule has 0 aliphatic heterocycles. The third kappa shape index (κ3) is 3.23. The van der Waals surface area contributed by atoms with Crippen LogP contribution in [0.4, 0.5) is 0 Å². The molecule has 0 heterocycles. The summed E-state index contributed by atoms with van der Waals surface area (Å²) in [7, 11) is -2.59. The Morgan fingerprint density at radius 1 is 1.19 bits per heavy atom. The zero-order valence-electron chi connectivity index (χ0n) is 16.0. The third-order valence-corrected chi connectivity index (χ3v) is 7.82. The SMILES string of the molecule is COc1cc2c(cc1OS(N)(=O)=O)CCC1C2CC[C@@]2(C)C1CCC[C@H]2O. The maximum atomic E-state index is 11.4. The Bertz CT molecular complexity index is 839. The maximum Gasteiger partial charge on any atom is 0.380 e. The molecule has 1 aromatic carbocycles. The number of aliphatic hydroxyl groups excluding tert-OH is 1. The van der Waals surface area contributed by atoms with E-state index < -0.39 is 10.3 Å². The van der Waals surface area contributed by atoms with E-state index in [1.54, 1.807) is 6.07 Å². The standard InChI is InChI=1S/C20H29NO5S/c1-20-9-8-13-14(16(20)4-3-5-19(20)22)7-6-12-10-18(26-27(21,23)24)17(25-2)11-15(12)13/h10-11,13-14,16,19,22H,3-9H2,1-2H3,(H2,21,23,24)/t13?,14?,16?,19-,20+/m1/s1. The molecular formula is C20H29NO5S. The molecule has 0 spiro atoms. The molecule has 0 radical (unpaired) electrons. The molecule has 3 N–H and O–H groups in total. The first-order valence-electron chi connectivity index (χ1n) is 9.84. The van der Waals surface area contributed by atoms with Crippen molar-refractivity contribution in [2.45, 2.75) is 63.9 Å². The fraction of sp³-hybridized carbons (Fsp3) is 0.700. The lowest BCUT2D eigenvalue weighted by molar-refractivity contribution is -0.0976. The van der Waals surface area contributed by atoms with Crippen molar-refractivity contribution in [3.8, 4) is 11.5 Å². The normalized spacial score (nSPS) is 35.6. The number of hydrogen-bond donors (Lipinski definition) is 2. The molecule has 0 amide bonds. The van der Waals surface area contributed by atoms with Gasteiger partial charge in [-0.15, -0.1) is 0 Å². The van der Waals surface area contributed by atoms with Gasteiger partial charge in [-0.25, -0.2) is 0 Å². The molecule has 7 heteroatoms. The highest BCUT2D eigenvalue weighted by Crippen LogP contribution is 2.60. The van der Waals surface area contributed by atoms with E-state index in [0.717, 1.165) is 44.1 Å². The smallest absolute Gasteiger partial charge is 0.380 e. The number of benzene rings is 1. The largest absolute Gasteiger partial charge is 0.493 e. The molecular weight excluding hydrogens is 366 g/mol. The van der Waals surface area contributed by atoms with Gasteiger partial charge in [-0.3, -0.25) is 0 Å². The van der Waals surface area contributed by atoms with E-state index in [1.807, 2.05) is 6.07 Å². The molecule has 27 heavy (non-hydrogen) atoms. The van der Waals surface area contributed by atoms with E-state index >= 15 is 0 Å². The van der Waals surface area contributed by atoms with Crippen molar-refractivity contribution in [2.24, 2.45) is 22.4 Å². The minimum atomic E-state index is -4.10. The van der Waals surface area contributed by atoms with E-state index in [9.17, 15) is 13.5 Å². The fourth-order valence-electron chi connectivity index (χ4n) is 6.09. The first-order valence-corrected chi connectivity index (χ1v) is 11.3. The summed E-state index contributed by atoms with van der Waals surface area (Å²) in [6.07, 6.45) is 7.02. The number of methoxy groups -OCH3 is 1. The number of aliphatic hydroxyl groups is 1. The van der Waals surface area contributed by atoms with E-state index in [2.05, 4.69) is 6.92 Å². The van der Waals surface area contributed by atoms with Crippen LogP contribution in [0.25, 0.3) is 0 Å². The van der Waals surface area contributed by atoms with Crippen molar-refractivity contribution >= 4 is 10.3 Å². The second-order valence-electron chi connectivity index (χ2n) is 8.68. The molecule has 6 nitrogen and oxygen atoms in total. The first kappa shape index (κ1) is 19.0. The summed E-state index contributed by atoms with van der Waals surface area (Å²) in [5.74, 6) is 2.08. The van der Waals surface area contributed by atoms with Crippen LogP contribution in [-0.4, -0.2) is 26.7 Å². The van der Waals surface area contributed by atoms with Gasteiger partial charge in [0.1, 0.15) is 0 Å². The zero-order chi connectivity index (χ0) is 19.4. The molecule has 5 atom stereocenters. The Balaban J connectivity index is 1.70. The van der Waals surface area contributed by atoms with Crippen LogP contribution in [0.1, 0.15) is 62.5 Å². The van der Waals surface area contributed by atoms with Gasteiger partial charge < -0.3 is 14.0 Å². The highest BCUT2D eigenvalue weighted by Gasteiger charge is 2.52. The highest BCUT2D eigenvalue weighted by molar-refractivity contribution is 7.84. The highest BCUT2D eigenvalue weighted by atomic mass is 32.2. The van der Waals surface area contributed by atoms with Crippen molar-refractivity contribution in [3.63, 3.8) is 0 Å². The van der Waals surface area contributed by atoms with Gasteiger partial charge >= 0.3 is 10.3 Å². The second-order valence-corrected chi connectivity index (χ2v) is 9.84. The van der Waals surface area contributed by atoms with E-state index in [4.69, 9.17) is 14.1 Å².